The van der Waals surface area contributed by atoms with Crippen molar-refractivity contribution in [2.24, 2.45) is 0 Å². The summed E-state index contributed by atoms with van der Waals surface area (Å²) in [5.41, 5.74) is 1.73. The van der Waals surface area contributed by atoms with Gasteiger partial charge in [0, 0.05) is 17.0 Å². The molecule has 0 amide bonds. The van der Waals surface area contributed by atoms with Gasteiger partial charge in [0.15, 0.2) is 16.8 Å². The lowest BCUT2D eigenvalue weighted by Crippen LogP contribution is -2.37. The third-order valence-corrected chi connectivity index (χ3v) is 5.03. The van der Waals surface area contributed by atoms with Crippen molar-refractivity contribution in [2.75, 3.05) is 0 Å². The molecular formula is C20H15BrO4. The fourth-order valence-electron chi connectivity index (χ4n) is 3.22. The van der Waals surface area contributed by atoms with E-state index >= 15 is 0 Å². The topological polar surface area (TPSA) is 56.5 Å². The molecular weight excluding hydrogens is 384 g/mol. The van der Waals surface area contributed by atoms with Crippen molar-refractivity contribution in [3.63, 3.8) is 0 Å². The highest BCUT2D eigenvalue weighted by atomic mass is 79.9. The van der Waals surface area contributed by atoms with Crippen molar-refractivity contribution < 1.29 is 13.9 Å². The Bertz CT molecular complexity index is 1080. The molecule has 1 aliphatic heterocycles. The summed E-state index contributed by atoms with van der Waals surface area (Å²) in [5.74, 6) is -0.0625. The zero-order valence-electron chi connectivity index (χ0n) is 13.8. The van der Waals surface area contributed by atoms with Gasteiger partial charge < -0.3 is 9.15 Å². The Balaban J connectivity index is 1.85. The largest absolute Gasteiger partial charge is 0.457 e. The molecule has 1 aromatic heterocycles. The monoisotopic (exact) mass is 398 g/mol. The molecule has 4 rings (SSSR count). The van der Waals surface area contributed by atoms with E-state index in [0.717, 1.165) is 15.6 Å². The van der Waals surface area contributed by atoms with E-state index in [1.807, 2.05) is 25.1 Å². The van der Waals surface area contributed by atoms with Gasteiger partial charge in [0.25, 0.3) is 0 Å². The van der Waals surface area contributed by atoms with E-state index in [2.05, 4.69) is 15.9 Å². The summed E-state index contributed by atoms with van der Waals surface area (Å²) in [6.07, 6.45) is 0.446. The van der Waals surface area contributed by atoms with Crippen LogP contribution in [0.2, 0.25) is 0 Å². The van der Waals surface area contributed by atoms with Crippen molar-refractivity contribution >= 4 is 32.9 Å². The zero-order valence-corrected chi connectivity index (χ0v) is 15.3. The number of hydrogen-bond donors (Lipinski definition) is 0. The lowest BCUT2D eigenvalue weighted by molar-refractivity contribution is -0.0284. The molecule has 0 fully saturated rings. The van der Waals surface area contributed by atoms with Crippen LogP contribution in [0.5, 0.6) is 0 Å². The smallest absolute Gasteiger partial charge is 0.339 e. The van der Waals surface area contributed by atoms with Crippen molar-refractivity contribution in [3.8, 4) is 0 Å². The highest BCUT2D eigenvalue weighted by Crippen LogP contribution is 2.37. The molecule has 0 saturated carbocycles. The maximum atomic E-state index is 12.5. The van der Waals surface area contributed by atoms with Crippen molar-refractivity contribution in [3.05, 3.63) is 79.6 Å². The minimum atomic E-state index is -1.02. The normalized spacial score (nSPS) is 19.6. The summed E-state index contributed by atoms with van der Waals surface area (Å²) >= 11 is 3.37. The summed E-state index contributed by atoms with van der Waals surface area (Å²) in [6.45, 7) is 3.69. The van der Waals surface area contributed by atoms with E-state index in [9.17, 15) is 9.59 Å². The van der Waals surface area contributed by atoms with E-state index in [1.54, 1.807) is 25.1 Å². The predicted octanol–water partition coefficient (Wildman–Crippen LogP) is 4.49. The second kappa shape index (κ2) is 5.56. The number of rotatable bonds is 1. The van der Waals surface area contributed by atoms with Gasteiger partial charge in [0.2, 0.25) is 0 Å². The maximum Gasteiger partial charge on any atom is 0.339 e. The second-order valence-electron chi connectivity index (χ2n) is 6.57. The first kappa shape index (κ1) is 16.1. The maximum absolute atomic E-state index is 12.5. The number of hydrogen-bond acceptors (Lipinski definition) is 4. The van der Waals surface area contributed by atoms with Crippen LogP contribution < -0.4 is 5.43 Å². The second-order valence-corrected chi connectivity index (χ2v) is 7.49. The molecule has 0 radical (unpaired) electrons. The number of fused-ring (bicyclic) bond motifs is 2. The van der Waals surface area contributed by atoms with Crippen molar-refractivity contribution in [1.82, 2.24) is 0 Å². The molecule has 2 aromatic carbocycles. The van der Waals surface area contributed by atoms with Crippen LogP contribution in [0, 0.1) is 6.92 Å². The number of carbonyl (C=O) groups excluding carboxylic acids is 1. The standard InChI is InChI=1S/C20H15BrO4/c1-11-3-6-17-15(7-11)16(22)9-18(24-17)20(2)10-12-4-5-13(21)8-14(12)19(23)25-20/h3-9H,10H2,1-2H3/t20-/m0/s1. The Morgan fingerprint density at radius 3 is 2.68 bits per heavy atom. The SMILES string of the molecule is Cc1ccc2oc([C@]3(C)Cc4ccc(Br)cc4C(=O)O3)cc(=O)c2c1. The van der Waals surface area contributed by atoms with E-state index in [0.29, 0.717) is 28.7 Å². The average molecular weight is 399 g/mol. The van der Waals surface area contributed by atoms with E-state index < -0.39 is 11.6 Å². The molecule has 3 aromatic rings. The lowest BCUT2D eigenvalue weighted by Gasteiger charge is -2.33. The molecule has 2 heterocycles. The van der Waals surface area contributed by atoms with Gasteiger partial charge >= 0.3 is 5.97 Å². The minimum absolute atomic E-state index is 0.140. The van der Waals surface area contributed by atoms with Gasteiger partial charge in [-0.15, -0.1) is 0 Å². The summed E-state index contributed by atoms with van der Waals surface area (Å²) < 4.78 is 12.4. The van der Waals surface area contributed by atoms with Gasteiger partial charge in [-0.05, 0) is 43.7 Å². The van der Waals surface area contributed by atoms with Gasteiger partial charge in [-0.1, -0.05) is 33.6 Å². The number of halogens is 1. The zero-order chi connectivity index (χ0) is 17.8. The summed E-state index contributed by atoms with van der Waals surface area (Å²) in [7, 11) is 0. The van der Waals surface area contributed by atoms with Crippen molar-refractivity contribution in [2.45, 2.75) is 25.9 Å². The molecule has 0 N–H and O–H groups in total. The first-order valence-electron chi connectivity index (χ1n) is 7.92. The molecule has 1 atom stereocenters. The first-order valence-corrected chi connectivity index (χ1v) is 8.72. The molecule has 4 nitrogen and oxygen atoms in total. The minimum Gasteiger partial charge on any atom is -0.457 e. The quantitative estimate of drug-likeness (QED) is 0.566. The molecule has 0 spiro atoms. The van der Waals surface area contributed by atoms with Crippen LogP contribution in [0.4, 0.5) is 0 Å². The number of cyclic esters (lactones) is 1. The molecule has 25 heavy (non-hydrogen) atoms. The van der Waals surface area contributed by atoms with Gasteiger partial charge in [0.1, 0.15) is 5.58 Å². The van der Waals surface area contributed by atoms with Crippen LogP contribution in [-0.4, -0.2) is 5.97 Å². The van der Waals surface area contributed by atoms with Crippen LogP contribution >= 0.6 is 15.9 Å². The lowest BCUT2D eigenvalue weighted by atomic mass is 9.88. The highest BCUT2D eigenvalue weighted by molar-refractivity contribution is 9.10. The van der Waals surface area contributed by atoms with Gasteiger partial charge in [0.05, 0.1) is 10.9 Å². The number of carbonyl (C=O) groups is 1. The third-order valence-electron chi connectivity index (χ3n) is 4.54. The molecule has 126 valence electrons. The van der Waals surface area contributed by atoms with Crippen LogP contribution in [0.25, 0.3) is 11.0 Å². The van der Waals surface area contributed by atoms with Gasteiger partial charge in [-0.3, -0.25) is 4.79 Å². The Morgan fingerprint density at radius 1 is 1.08 bits per heavy atom. The van der Waals surface area contributed by atoms with E-state index in [1.165, 1.54) is 6.07 Å². The molecule has 5 heteroatoms. The molecule has 0 unspecified atom stereocenters. The Kier molecular flexibility index (Phi) is 3.58. The third kappa shape index (κ3) is 2.68. The number of aryl methyl sites for hydroxylation is 1. The van der Waals surface area contributed by atoms with E-state index in [4.69, 9.17) is 9.15 Å². The molecule has 0 saturated heterocycles. The van der Waals surface area contributed by atoms with Crippen LogP contribution in [0.1, 0.15) is 34.2 Å². The van der Waals surface area contributed by atoms with Crippen molar-refractivity contribution in [1.29, 1.82) is 0 Å². The summed E-state index contributed by atoms with van der Waals surface area (Å²) in [5, 5.41) is 0.527. The fraction of sp³-hybridized carbons (Fsp3) is 0.200. The molecule has 1 aliphatic rings. The number of ether oxygens (including phenoxy) is 1. The Labute approximate surface area is 152 Å². The van der Waals surface area contributed by atoms with Crippen LogP contribution in [-0.2, 0) is 16.8 Å². The number of benzene rings is 2. The first-order chi connectivity index (χ1) is 11.9. The molecule has 0 bridgehead atoms. The number of esters is 1. The predicted molar refractivity (Wildman–Crippen MR) is 97.8 cm³/mol. The summed E-state index contributed by atoms with van der Waals surface area (Å²) in [4.78, 5) is 25.0. The fourth-order valence-corrected chi connectivity index (χ4v) is 3.58. The highest BCUT2D eigenvalue weighted by Gasteiger charge is 2.40. The summed E-state index contributed by atoms with van der Waals surface area (Å²) in [6, 6.07) is 12.4. The average Bonchev–Trinajstić information content (AvgIpc) is 2.56. The molecule has 0 aliphatic carbocycles. The van der Waals surface area contributed by atoms with Crippen LogP contribution in [0.15, 0.2) is 56.1 Å². The Morgan fingerprint density at radius 2 is 1.88 bits per heavy atom. The van der Waals surface area contributed by atoms with E-state index in [-0.39, 0.29) is 5.43 Å². The van der Waals surface area contributed by atoms with Gasteiger partial charge in [-0.25, -0.2) is 4.79 Å². The van der Waals surface area contributed by atoms with Crippen LogP contribution in [0.3, 0.4) is 0 Å². The Hall–Kier alpha value is -2.40. The van der Waals surface area contributed by atoms with Gasteiger partial charge in [-0.2, -0.15) is 0 Å².